The number of anilines is 1. The van der Waals surface area contributed by atoms with Crippen molar-refractivity contribution in [1.29, 1.82) is 0 Å². The van der Waals surface area contributed by atoms with E-state index in [1.807, 2.05) is 24.3 Å². The number of nitrogens with one attached hydrogen (secondary N) is 1. The molecule has 2 N–H and O–H groups in total. The number of aliphatic hydroxyl groups is 1. The monoisotopic (exact) mass is 308 g/mol. The molecule has 5 heteroatoms. The van der Waals surface area contributed by atoms with Crippen LogP contribution < -0.4 is 10.2 Å². The second kappa shape index (κ2) is 5.85. The fraction of sp³-hybridized carbons (Fsp3) is 0.562. The number of piperidine rings is 1. The van der Waals surface area contributed by atoms with Crippen LogP contribution in [0.4, 0.5) is 5.69 Å². The molecule has 21 heavy (non-hydrogen) atoms. The van der Waals surface area contributed by atoms with Crippen molar-refractivity contribution in [2.45, 2.75) is 43.7 Å². The van der Waals surface area contributed by atoms with Crippen molar-refractivity contribution < 1.29 is 9.90 Å². The number of rotatable bonds is 3. The third-order valence-corrected chi connectivity index (χ3v) is 4.87. The summed E-state index contributed by atoms with van der Waals surface area (Å²) in [5.74, 6) is -0.209. The van der Waals surface area contributed by atoms with Gasteiger partial charge in [0.2, 0.25) is 0 Å². The molecule has 1 heterocycles. The van der Waals surface area contributed by atoms with Crippen molar-refractivity contribution in [2.24, 2.45) is 0 Å². The van der Waals surface area contributed by atoms with E-state index in [2.05, 4.69) is 10.2 Å². The Hall–Kier alpha value is -1.26. The van der Waals surface area contributed by atoms with Crippen LogP contribution >= 0.6 is 11.6 Å². The van der Waals surface area contributed by atoms with Gasteiger partial charge in [0, 0.05) is 19.1 Å². The summed E-state index contributed by atoms with van der Waals surface area (Å²) >= 11 is 6.25. The molecule has 0 spiro atoms. The summed E-state index contributed by atoms with van der Waals surface area (Å²) in [6, 6.07) is 7.86. The number of amides is 1. The van der Waals surface area contributed by atoms with E-state index in [-0.39, 0.29) is 11.9 Å². The van der Waals surface area contributed by atoms with Crippen LogP contribution in [0.3, 0.4) is 0 Å². The van der Waals surface area contributed by atoms with Crippen molar-refractivity contribution in [3.8, 4) is 0 Å². The maximum absolute atomic E-state index is 12.1. The molecule has 0 bridgehead atoms. The minimum Gasteiger partial charge on any atom is -0.380 e. The van der Waals surface area contributed by atoms with E-state index >= 15 is 0 Å². The van der Waals surface area contributed by atoms with E-state index in [4.69, 9.17) is 11.6 Å². The highest BCUT2D eigenvalue weighted by Crippen LogP contribution is 2.32. The molecule has 114 valence electrons. The second-order valence-electron chi connectivity index (χ2n) is 6.10. The normalized spacial score (nSPS) is 24.3. The fourth-order valence-electron chi connectivity index (χ4n) is 3.08. The Morgan fingerprint density at radius 1 is 1.33 bits per heavy atom. The predicted molar refractivity (Wildman–Crippen MR) is 83.6 cm³/mol. The lowest BCUT2D eigenvalue weighted by molar-refractivity contribution is -0.149. The first kappa shape index (κ1) is 14.7. The summed E-state index contributed by atoms with van der Waals surface area (Å²) < 4.78 is 0. The van der Waals surface area contributed by atoms with Crippen molar-refractivity contribution in [2.75, 3.05) is 18.0 Å². The van der Waals surface area contributed by atoms with Gasteiger partial charge in [-0.1, -0.05) is 23.7 Å². The quantitative estimate of drug-likeness (QED) is 0.901. The Bertz CT molecular complexity index is 531. The van der Waals surface area contributed by atoms with Gasteiger partial charge in [0.05, 0.1) is 10.7 Å². The van der Waals surface area contributed by atoms with Gasteiger partial charge in [-0.15, -0.1) is 0 Å². The van der Waals surface area contributed by atoms with Crippen LogP contribution in [0.1, 0.15) is 32.1 Å². The van der Waals surface area contributed by atoms with Crippen molar-refractivity contribution in [3.63, 3.8) is 0 Å². The zero-order valence-electron chi connectivity index (χ0n) is 12.0. The summed E-state index contributed by atoms with van der Waals surface area (Å²) in [7, 11) is 0. The van der Waals surface area contributed by atoms with Crippen molar-refractivity contribution >= 4 is 23.2 Å². The lowest BCUT2D eigenvalue weighted by Crippen LogP contribution is -2.57. The first-order valence-corrected chi connectivity index (χ1v) is 7.99. The molecule has 3 rings (SSSR count). The van der Waals surface area contributed by atoms with Crippen LogP contribution in [0.2, 0.25) is 5.02 Å². The highest BCUT2D eigenvalue weighted by atomic mass is 35.5. The molecule has 1 aliphatic heterocycles. The molecule has 1 saturated carbocycles. The van der Waals surface area contributed by atoms with Crippen LogP contribution in [-0.2, 0) is 4.79 Å². The molecule has 0 radical (unpaired) electrons. The lowest BCUT2D eigenvalue weighted by Gasteiger charge is -2.39. The molecule has 2 aliphatic rings. The fourth-order valence-corrected chi connectivity index (χ4v) is 3.34. The number of carbonyl (C=O) groups excluding carboxylic acids is 1. The Labute approximate surface area is 130 Å². The van der Waals surface area contributed by atoms with Crippen LogP contribution in [0.5, 0.6) is 0 Å². The Kier molecular flexibility index (Phi) is 4.09. The molecule has 4 nitrogen and oxygen atoms in total. The zero-order valence-corrected chi connectivity index (χ0v) is 12.8. The average Bonchev–Trinajstić information content (AvgIpc) is 2.45. The van der Waals surface area contributed by atoms with Crippen LogP contribution in [0.15, 0.2) is 24.3 Å². The third kappa shape index (κ3) is 3.01. The van der Waals surface area contributed by atoms with Crippen LogP contribution in [-0.4, -0.2) is 35.7 Å². The minimum atomic E-state index is -1.12. The highest BCUT2D eigenvalue weighted by Gasteiger charge is 2.42. The van der Waals surface area contributed by atoms with Gasteiger partial charge in [-0.25, -0.2) is 0 Å². The maximum Gasteiger partial charge on any atom is 0.252 e. The molecule has 1 aromatic carbocycles. The van der Waals surface area contributed by atoms with Crippen LogP contribution in [0.25, 0.3) is 0 Å². The summed E-state index contributed by atoms with van der Waals surface area (Å²) in [5.41, 5.74) is -0.104. The number of hydrogen-bond acceptors (Lipinski definition) is 3. The average molecular weight is 309 g/mol. The molecule has 1 saturated heterocycles. The van der Waals surface area contributed by atoms with Gasteiger partial charge in [-0.05, 0) is 44.2 Å². The predicted octanol–water partition coefficient (Wildman–Crippen LogP) is 2.34. The zero-order chi connectivity index (χ0) is 14.9. The lowest BCUT2D eigenvalue weighted by atomic mass is 9.79. The summed E-state index contributed by atoms with van der Waals surface area (Å²) in [4.78, 5) is 14.3. The topological polar surface area (TPSA) is 52.6 Å². The first-order valence-electron chi connectivity index (χ1n) is 7.61. The SMILES string of the molecule is O=C(NC1CCCN(c2ccccc2Cl)C1)C1(O)CCC1. The molecular weight excluding hydrogens is 288 g/mol. The van der Waals surface area contributed by atoms with Crippen LogP contribution in [0, 0.1) is 0 Å². The largest absolute Gasteiger partial charge is 0.380 e. The molecule has 1 amide bonds. The van der Waals surface area contributed by atoms with Gasteiger partial charge in [-0.3, -0.25) is 4.79 Å². The van der Waals surface area contributed by atoms with Gasteiger partial charge in [0.15, 0.2) is 0 Å². The molecular formula is C16H21ClN2O2. The third-order valence-electron chi connectivity index (χ3n) is 4.55. The molecule has 1 atom stereocenters. The molecule has 1 aliphatic carbocycles. The number of nitrogens with zero attached hydrogens (tertiary/aromatic N) is 1. The minimum absolute atomic E-state index is 0.0761. The van der Waals surface area contributed by atoms with Gasteiger partial charge in [-0.2, -0.15) is 0 Å². The second-order valence-corrected chi connectivity index (χ2v) is 6.50. The van der Waals surface area contributed by atoms with Gasteiger partial charge in [0.1, 0.15) is 5.60 Å². The number of halogens is 1. The number of hydrogen-bond donors (Lipinski definition) is 2. The smallest absolute Gasteiger partial charge is 0.252 e. The maximum atomic E-state index is 12.1. The van der Waals surface area contributed by atoms with Gasteiger partial charge >= 0.3 is 0 Å². The van der Waals surface area contributed by atoms with Crippen molar-refractivity contribution in [1.82, 2.24) is 5.32 Å². The molecule has 0 aromatic heterocycles. The van der Waals surface area contributed by atoms with E-state index < -0.39 is 5.60 Å². The Morgan fingerprint density at radius 3 is 2.76 bits per heavy atom. The molecule has 2 fully saturated rings. The van der Waals surface area contributed by atoms with Gasteiger partial charge < -0.3 is 15.3 Å². The Morgan fingerprint density at radius 2 is 2.10 bits per heavy atom. The molecule has 1 aromatic rings. The number of carbonyl (C=O) groups is 1. The van der Waals surface area contributed by atoms with E-state index in [0.29, 0.717) is 12.8 Å². The first-order chi connectivity index (χ1) is 10.1. The molecule has 1 unspecified atom stereocenters. The number of benzene rings is 1. The number of para-hydroxylation sites is 1. The van der Waals surface area contributed by atoms with E-state index in [1.54, 1.807) is 0 Å². The summed E-state index contributed by atoms with van der Waals surface area (Å²) in [5, 5.41) is 13.8. The standard InChI is InChI=1S/C16H21ClN2O2/c17-13-6-1-2-7-14(13)19-10-3-5-12(11-19)18-15(20)16(21)8-4-9-16/h1-2,6-7,12,21H,3-5,8-11H2,(H,18,20). The van der Waals surface area contributed by atoms with Crippen molar-refractivity contribution in [3.05, 3.63) is 29.3 Å². The highest BCUT2D eigenvalue weighted by molar-refractivity contribution is 6.33. The van der Waals surface area contributed by atoms with E-state index in [1.165, 1.54) is 0 Å². The summed E-state index contributed by atoms with van der Waals surface area (Å²) in [6.07, 6.45) is 4.05. The van der Waals surface area contributed by atoms with E-state index in [0.717, 1.165) is 43.1 Å². The Balaban J connectivity index is 1.63. The summed E-state index contributed by atoms with van der Waals surface area (Å²) in [6.45, 7) is 1.69. The van der Waals surface area contributed by atoms with Gasteiger partial charge in [0.25, 0.3) is 5.91 Å². The van der Waals surface area contributed by atoms with E-state index in [9.17, 15) is 9.90 Å².